The molecule has 4 heteroatoms. The molecule has 1 amide bonds. The molecule has 0 aromatic heterocycles. The van der Waals surface area contributed by atoms with Crippen molar-refractivity contribution in [1.29, 1.82) is 0 Å². The normalized spacial score (nSPS) is 10.7. The first-order valence-electron chi connectivity index (χ1n) is 3.88. The molecule has 0 aromatic carbocycles. The van der Waals surface area contributed by atoms with Crippen molar-refractivity contribution in [3.63, 3.8) is 0 Å². The molecule has 0 spiro atoms. The van der Waals surface area contributed by atoms with Gasteiger partial charge in [0.25, 0.3) is 5.91 Å². The van der Waals surface area contributed by atoms with Crippen molar-refractivity contribution in [3.8, 4) is 0 Å². The van der Waals surface area contributed by atoms with E-state index in [2.05, 4.69) is 10.3 Å². The van der Waals surface area contributed by atoms with Crippen LogP contribution in [0.4, 0.5) is 0 Å². The van der Waals surface area contributed by atoms with Gasteiger partial charge < -0.3 is 4.84 Å². The smallest absolute Gasteiger partial charge is 0.337 e. The van der Waals surface area contributed by atoms with Crippen LogP contribution in [0.1, 0.15) is 34.1 Å². The fourth-order valence-electron chi connectivity index (χ4n) is 0.329. The van der Waals surface area contributed by atoms with Crippen molar-refractivity contribution in [2.75, 3.05) is 0 Å². The maximum Gasteiger partial charge on any atom is 0.337 e. The molecule has 0 aliphatic carbocycles. The quantitative estimate of drug-likeness (QED) is 0.602. The Labute approximate surface area is 72.2 Å². The zero-order chi connectivity index (χ0) is 9.78. The Morgan fingerprint density at radius 1 is 1.33 bits per heavy atom. The van der Waals surface area contributed by atoms with Gasteiger partial charge in [-0.05, 0) is 20.8 Å². The molecular weight excluding hydrogens is 158 g/mol. The van der Waals surface area contributed by atoms with Gasteiger partial charge in [0, 0.05) is 6.42 Å². The lowest BCUT2D eigenvalue weighted by Gasteiger charge is -2.15. The SMILES string of the molecule is CCC(=O)NOC(=O)C(C)(C)C. The molecule has 12 heavy (non-hydrogen) atoms. The molecule has 0 aliphatic heterocycles. The molecule has 0 aromatic rings. The van der Waals surface area contributed by atoms with E-state index in [0.717, 1.165) is 0 Å². The summed E-state index contributed by atoms with van der Waals surface area (Å²) in [7, 11) is 0. The lowest BCUT2D eigenvalue weighted by atomic mass is 9.98. The summed E-state index contributed by atoms with van der Waals surface area (Å²) in [6, 6.07) is 0. The van der Waals surface area contributed by atoms with E-state index >= 15 is 0 Å². The summed E-state index contributed by atoms with van der Waals surface area (Å²) in [4.78, 5) is 26.2. The van der Waals surface area contributed by atoms with Crippen molar-refractivity contribution in [3.05, 3.63) is 0 Å². The predicted molar refractivity (Wildman–Crippen MR) is 44.0 cm³/mol. The van der Waals surface area contributed by atoms with Crippen LogP contribution < -0.4 is 5.48 Å². The van der Waals surface area contributed by atoms with E-state index in [4.69, 9.17) is 0 Å². The number of hydroxylamine groups is 1. The number of carbonyl (C=O) groups excluding carboxylic acids is 2. The lowest BCUT2D eigenvalue weighted by Crippen LogP contribution is -2.32. The van der Waals surface area contributed by atoms with Gasteiger partial charge in [-0.2, -0.15) is 5.48 Å². The molecule has 0 saturated carbocycles. The van der Waals surface area contributed by atoms with E-state index in [1.807, 2.05) is 0 Å². The summed E-state index contributed by atoms with van der Waals surface area (Å²) in [5, 5.41) is 0. The van der Waals surface area contributed by atoms with Crippen molar-refractivity contribution < 1.29 is 14.4 Å². The van der Waals surface area contributed by atoms with Crippen molar-refractivity contribution in [2.45, 2.75) is 34.1 Å². The Morgan fingerprint density at radius 3 is 2.17 bits per heavy atom. The third kappa shape index (κ3) is 3.95. The zero-order valence-electron chi connectivity index (χ0n) is 7.93. The first-order chi connectivity index (χ1) is 5.38. The summed E-state index contributed by atoms with van der Waals surface area (Å²) >= 11 is 0. The van der Waals surface area contributed by atoms with Gasteiger partial charge in [-0.15, -0.1) is 0 Å². The second-order valence-corrected chi connectivity index (χ2v) is 3.52. The molecule has 70 valence electrons. The third-order valence-corrected chi connectivity index (χ3v) is 1.19. The molecular formula is C8H15NO3. The number of nitrogens with one attached hydrogen (secondary N) is 1. The highest BCUT2D eigenvalue weighted by Gasteiger charge is 2.23. The summed E-state index contributed by atoms with van der Waals surface area (Å²) in [6.45, 7) is 6.83. The minimum Gasteiger partial charge on any atom is -0.340 e. The van der Waals surface area contributed by atoms with Crippen LogP contribution in [-0.2, 0) is 14.4 Å². The standard InChI is InChI=1S/C8H15NO3/c1-5-6(10)9-12-7(11)8(2,3)4/h5H2,1-4H3,(H,9,10). The lowest BCUT2D eigenvalue weighted by molar-refractivity contribution is -0.165. The Kier molecular flexibility index (Phi) is 3.73. The summed E-state index contributed by atoms with van der Waals surface area (Å²) in [6.07, 6.45) is 0.303. The van der Waals surface area contributed by atoms with Gasteiger partial charge in [-0.3, -0.25) is 4.79 Å². The van der Waals surface area contributed by atoms with Crippen LogP contribution in [0.3, 0.4) is 0 Å². The molecule has 0 bridgehead atoms. The first-order valence-corrected chi connectivity index (χ1v) is 3.88. The number of carbonyl (C=O) groups is 2. The van der Waals surface area contributed by atoms with Crippen LogP contribution in [0.2, 0.25) is 0 Å². The topological polar surface area (TPSA) is 55.4 Å². The number of hydrogen-bond acceptors (Lipinski definition) is 3. The molecule has 0 rings (SSSR count). The Hall–Kier alpha value is -1.06. The second kappa shape index (κ2) is 4.09. The fourth-order valence-corrected chi connectivity index (χ4v) is 0.329. The van der Waals surface area contributed by atoms with E-state index in [-0.39, 0.29) is 5.91 Å². The predicted octanol–water partition coefficient (Wildman–Crippen LogP) is 1.02. The highest BCUT2D eigenvalue weighted by molar-refractivity contribution is 5.79. The highest BCUT2D eigenvalue weighted by Crippen LogP contribution is 2.13. The average molecular weight is 173 g/mol. The molecule has 0 radical (unpaired) electrons. The largest absolute Gasteiger partial charge is 0.340 e. The van der Waals surface area contributed by atoms with Crippen molar-refractivity contribution >= 4 is 11.9 Å². The molecule has 0 unspecified atom stereocenters. The van der Waals surface area contributed by atoms with Crippen LogP contribution in [0.15, 0.2) is 0 Å². The van der Waals surface area contributed by atoms with E-state index in [1.165, 1.54) is 0 Å². The number of rotatable bonds is 1. The Morgan fingerprint density at radius 2 is 1.83 bits per heavy atom. The molecule has 0 aliphatic rings. The monoisotopic (exact) mass is 173 g/mol. The van der Waals surface area contributed by atoms with Gasteiger partial charge in [0.1, 0.15) is 0 Å². The van der Waals surface area contributed by atoms with E-state index in [0.29, 0.717) is 6.42 Å². The molecule has 0 atom stereocenters. The average Bonchev–Trinajstić information content (AvgIpc) is 1.97. The molecule has 4 nitrogen and oxygen atoms in total. The highest BCUT2D eigenvalue weighted by atomic mass is 16.7. The van der Waals surface area contributed by atoms with Crippen LogP contribution in [0.5, 0.6) is 0 Å². The van der Waals surface area contributed by atoms with E-state index in [1.54, 1.807) is 27.7 Å². The summed E-state index contributed by atoms with van der Waals surface area (Å²) in [5.74, 6) is -0.739. The maximum absolute atomic E-state index is 11.0. The number of hydrogen-bond donors (Lipinski definition) is 1. The number of amides is 1. The second-order valence-electron chi connectivity index (χ2n) is 3.52. The van der Waals surface area contributed by atoms with Gasteiger partial charge in [0.05, 0.1) is 5.41 Å². The van der Waals surface area contributed by atoms with E-state index in [9.17, 15) is 9.59 Å². The van der Waals surface area contributed by atoms with Crippen LogP contribution >= 0.6 is 0 Å². The molecule has 0 fully saturated rings. The Bertz CT molecular complexity index is 181. The first kappa shape index (κ1) is 10.9. The van der Waals surface area contributed by atoms with Crippen molar-refractivity contribution in [2.24, 2.45) is 5.41 Å². The van der Waals surface area contributed by atoms with Gasteiger partial charge in [-0.25, -0.2) is 4.79 Å². The van der Waals surface area contributed by atoms with Gasteiger partial charge in [0.2, 0.25) is 0 Å². The summed E-state index contributed by atoms with van der Waals surface area (Å²) < 4.78 is 0. The zero-order valence-corrected chi connectivity index (χ0v) is 7.93. The van der Waals surface area contributed by atoms with Gasteiger partial charge in [-0.1, -0.05) is 6.92 Å². The van der Waals surface area contributed by atoms with E-state index < -0.39 is 11.4 Å². The fraction of sp³-hybridized carbons (Fsp3) is 0.750. The summed E-state index contributed by atoms with van der Waals surface area (Å²) in [5.41, 5.74) is 1.47. The van der Waals surface area contributed by atoms with Crippen LogP contribution in [0, 0.1) is 5.41 Å². The van der Waals surface area contributed by atoms with Crippen LogP contribution in [0.25, 0.3) is 0 Å². The van der Waals surface area contributed by atoms with Crippen molar-refractivity contribution in [1.82, 2.24) is 5.48 Å². The molecule has 0 heterocycles. The van der Waals surface area contributed by atoms with Crippen LogP contribution in [-0.4, -0.2) is 11.9 Å². The molecule has 0 saturated heterocycles. The third-order valence-electron chi connectivity index (χ3n) is 1.19. The molecule has 1 N–H and O–H groups in total. The Balaban J connectivity index is 3.81. The minimum absolute atomic E-state index is 0.299. The van der Waals surface area contributed by atoms with Gasteiger partial charge >= 0.3 is 5.97 Å². The van der Waals surface area contributed by atoms with Gasteiger partial charge in [0.15, 0.2) is 0 Å². The maximum atomic E-state index is 11.0. The minimum atomic E-state index is -0.582.